The number of alkyl halides is 2. The predicted molar refractivity (Wildman–Crippen MR) is 86.8 cm³/mol. The maximum absolute atomic E-state index is 11.8. The van der Waals surface area contributed by atoms with Gasteiger partial charge in [0.1, 0.15) is 0 Å². The molecule has 0 aliphatic rings. The van der Waals surface area contributed by atoms with Gasteiger partial charge in [-0.25, -0.2) is 0 Å². The van der Waals surface area contributed by atoms with Gasteiger partial charge in [-0.05, 0) is 36.9 Å². The van der Waals surface area contributed by atoms with Crippen molar-refractivity contribution in [2.75, 3.05) is 5.33 Å². The first-order valence-corrected chi connectivity index (χ1v) is 8.68. The van der Waals surface area contributed by atoms with E-state index < -0.39 is 0 Å². The molecule has 0 saturated heterocycles. The van der Waals surface area contributed by atoms with Gasteiger partial charge in [-0.2, -0.15) is 0 Å². The second kappa shape index (κ2) is 8.00. The largest absolute Gasteiger partial charge is 0.343 e. The molecule has 2 unspecified atom stereocenters. The normalized spacial score (nSPS) is 14.1. The fourth-order valence-electron chi connectivity index (χ4n) is 1.09. The van der Waals surface area contributed by atoms with Crippen molar-refractivity contribution in [3.05, 3.63) is 28.2 Å². The van der Waals surface area contributed by atoms with Crippen LogP contribution >= 0.6 is 66.8 Å². The average Bonchev–Trinajstić information content (AvgIpc) is 2.32. The Bertz CT molecular complexity index is 434. The Labute approximate surface area is 137 Å². The Morgan fingerprint density at radius 2 is 2.11 bits per heavy atom. The number of thioether (sulfide) groups is 1. The van der Waals surface area contributed by atoms with Crippen LogP contribution in [0.25, 0.3) is 0 Å². The molecule has 100 valence electrons. The van der Waals surface area contributed by atoms with Gasteiger partial charge in [0.05, 0.1) is 10.0 Å². The monoisotopic (exact) mass is 433 g/mol. The van der Waals surface area contributed by atoms with Crippen molar-refractivity contribution in [1.29, 1.82) is 0 Å². The van der Waals surface area contributed by atoms with Crippen molar-refractivity contribution in [3.63, 3.8) is 0 Å². The summed E-state index contributed by atoms with van der Waals surface area (Å²) in [6.45, 7) is 1.94. The van der Waals surface area contributed by atoms with Crippen molar-refractivity contribution in [2.45, 2.75) is 22.7 Å². The van der Waals surface area contributed by atoms with Crippen molar-refractivity contribution >= 4 is 72.1 Å². The molecule has 0 spiro atoms. The zero-order chi connectivity index (χ0) is 13.7. The highest BCUT2D eigenvalue weighted by Gasteiger charge is 2.16. The van der Waals surface area contributed by atoms with E-state index in [1.807, 2.05) is 6.92 Å². The second-order valence-electron chi connectivity index (χ2n) is 3.57. The molecule has 0 bridgehead atoms. The molecule has 0 aliphatic carbocycles. The number of nitrogens with one attached hydrogen (secondary N) is 1. The third kappa shape index (κ3) is 5.29. The smallest absolute Gasteiger partial charge is 0.284 e. The van der Waals surface area contributed by atoms with Gasteiger partial charge in [0.25, 0.3) is 5.24 Å². The maximum atomic E-state index is 11.8. The molecule has 1 aromatic rings. The number of amides is 1. The van der Waals surface area contributed by atoms with Crippen LogP contribution in [0.5, 0.6) is 0 Å². The van der Waals surface area contributed by atoms with Crippen LogP contribution in [-0.4, -0.2) is 21.4 Å². The summed E-state index contributed by atoms with van der Waals surface area (Å²) in [5.74, 6) is 0. The highest BCUT2D eigenvalue weighted by Crippen LogP contribution is 2.28. The molecule has 0 aliphatic heterocycles. The highest BCUT2D eigenvalue weighted by molar-refractivity contribution is 9.12. The number of carbonyl (C=O) groups is 1. The molecule has 0 saturated carbocycles. The first-order valence-electron chi connectivity index (χ1n) is 5.07. The second-order valence-corrected chi connectivity index (χ2v) is 7.25. The number of hydrogen-bond donors (Lipinski definition) is 1. The van der Waals surface area contributed by atoms with Crippen LogP contribution in [0.15, 0.2) is 23.1 Å². The van der Waals surface area contributed by atoms with Crippen LogP contribution in [0, 0.1) is 0 Å². The first-order chi connectivity index (χ1) is 8.43. The Hall–Kier alpha value is 0.580. The van der Waals surface area contributed by atoms with Crippen LogP contribution in [0.2, 0.25) is 10.0 Å². The van der Waals surface area contributed by atoms with Crippen LogP contribution < -0.4 is 5.32 Å². The Morgan fingerprint density at radius 1 is 1.44 bits per heavy atom. The lowest BCUT2D eigenvalue weighted by Crippen LogP contribution is -2.37. The first kappa shape index (κ1) is 16.6. The number of rotatable bonds is 4. The van der Waals surface area contributed by atoms with Gasteiger partial charge in [0.15, 0.2) is 0 Å². The Balaban J connectivity index is 2.57. The van der Waals surface area contributed by atoms with Crippen molar-refractivity contribution < 1.29 is 4.79 Å². The molecule has 18 heavy (non-hydrogen) atoms. The number of benzene rings is 1. The quantitative estimate of drug-likeness (QED) is 0.510. The van der Waals surface area contributed by atoms with Gasteiger partial charge in [-0.15, -0.1) is 0 Å². The summed E-state index contributed by atoms with van der Waals surface area (Å²) in [6.07, 6.45) is 0. The van der Waals surface area contributed by atoms with Crippen LogP contribution in [-0.2, 0) is 0 Å². The lowest BCUT2D eigenvalue weighted by molar-refractivity contribution is 0.258. The summed E-state index contributed by atoms with van der Waals surface area (Å²) in [4.78, 5) is 12.7. The number of halogens is 4. The lowest BCUT2D eigenvalue weighted by atomic mass is 10.3. The van der Waals surface area contributed by atoms with E-state index in [-0.39, 0.29) is 16.1 Å². The lowest BCUT2D eigenvalue weighted by Gasteiger charge is -2.17. The SMILES string of the molecule is CC(NC(=O)Sc1ccc(Cl)c(Cl)c1)C(Br)CBr. The van der Waals surface area contributed by atoms with Gasteiger partial charge < -0.3 is 5.32 Å². The van der Waals surface area contributed by atoms with Crippen molar-refractivity contribution in [3.8, 4) is 0 Å². The van der Waals surface area contributed by atoms with E-state index in [4.69, 9.17) is 23.2 Å². The topological polar surface area (TPSA) is 29.1 Å². The molecule has 0 aromatic heterocycles. The summed E-state index contributed by atoms with van der Waals surface area (Å²) in [6, 6.07) is 5.15. The standard InChI is InChI=1S/C11H11Br2Cl2NOS/c1-6(8(13)5-12)16-11(17)18-7-2-3-9(14)10(15)4-7/h2-4,6,8H,5H2,1H3,(H,16,17). The summed E-state index contributed by atoms with van der Waals surface area (Å²) in [5.41, 5.74) is 0. The fraction of sp³-hybridized carbons (Fsp3) is 0.364. The fourth-order valence-corrected chi connectivity index (χ4v) is 2.91. The average molecular weight is 436 g/mol. The van der Waals surface area contributed by atoms with Crippen molar-refractivity contribution in [2.24, 2.45) is 0 Å². The highest BCUT2D eigenvalue weighted by atomic mass is 79.9. The minimum atomic E-state index is -0.119. The van der Waals surface area contributed by atoms with Gasteiger partial charge in [0.2, 0.25) is 0 Å². The third-order valence-corrected chi connectivity index (χ3v) is 6.35. The molecule has 0 fully saturated rings. The molecule has 2 atom stereocenters. The van der Waals surface area contributed by atoms with Gasteiger partial charge in [-0.3, -0.25) is 4.79 Å². The minimum Gasteiger partial charge on any atom is -0.343 e. The van der Waals surface area contributed by atoms with E-state index in [9.17, 15) is 4.79 Å². The molecule has 7 heteroatoms. The summed E-state index contributed by atoms with van der Waals surface area (Å²) < 4.78 is 0. The van der Waals surface area contributed by atoms with E-state index in [1.165, 1.54) is 0 Å². The molecule has 1 aromatic carbocycles. The van der Waals surface area contributed by atoms with E-state index in [0.29, 0.717) is 10.0 Å². The molecule has 0 radical (unpaired) electrons. The summed E-state index contributed by atoms with van der Waals surface area (Å²) in [7, 11) is 0. The zero-order valence-corrected chi connectivity index (χ0v) is 14.9. The van der Waals surface area contributed by atoms with Crippen molar-refractivity contribution in [1.82, 2.24) is 5.32 Å². The van der Waals surface area contributed by atoms with E-state index in [0.717, 1.165) is 22.0 Å². The Morgan fingerprint density at radius 3 is 2.67 bits per heavy atom. The molecule has 1 amide bonds. The van der Waals surface area contributed by atoms with Crippen LogP contribution in [0.1, 0.15) is 6.92 Å². The van der Waals surface area contributed by atoms with Gasteiger partial charge in [-0.1, -0.05) is 55.1 Å². The molecular formula is C11H11Br2Cl2NOS. The summed E-state index contributed by atoms with van der Waals surface area (Å²) >= 11 is 19.6. The van der Waals surface area contributed by atoms with E-state index >= 15 is 0 Å². The molecule has 0 heterocycles. The predicted octanol–water partition coefficient (Wildman–Crippen LogP) is 5.34. The Kier molecular flexibility index (Phi) is 7.39. The molecule has 2 nitrogen and oxygen atoms in total. The minimum absolute atomic E-state index is 0.0344. The van der Waals surface area contributed by atoms with E-state index in [1.54, 1.807) is 18.2 Å². The third-order valence-electron chi connectivity index (χ3n) is 2.14. The number of hydrogen-bond acceptors (Lipinski definition) is 2. The molecule has 1 N–H and O–H groups in total. The number of carbonyl (C=O) groups excluding carboxylic acids is 1. The maximum Gasteiger partial charge on any atom is 0.284 e. The summed E-state index contributed by atoms with van der Waals surface area (Å²) in [5, 5.41) is 4.46. The molecular weight excluding hydrogens is 425 g/mol. The van der Waals surface area contributed by atoms with E-state index in [2.05, 4.69) is 37.2 Å². The van der Waals surface area contributed by atoms with Gasteiger partial charge >= 0.3 is 0 Å². The van der Waals surface area contributed by atoms with Crippen LogP contribution in [0.4, 0.5) is 4.79 Å². The zero-order valence-electron chi connectivity index (χ0n) is 9.42. The van der Waals surface area contributed by atoms with Gasteiger partial charge in [0, 0.05) is 21.1 Å². The van der Waals surface area contributed by atoms with Crippen LogP contribution in [0.3, 0.4) is 0 Å². The molecule has 1 rings (SSSR count).